The molecule has 1 aliphatic carbocycles. The number of rotatable bonds is 14. The first-order chi connectivity index (χ1) is 17.2. The van der Waals surface area contributed by atoms with E-state index in [1.54, 1.807) is 6.07 Å². The highest BCUT2D eigenvalue weighted by molar-refractivity contribution is 5.82. The molecule has 1 aromatic carbocycles. The van der Waals surface area contributed by atoms with Gasteiger partial charge in [0, 0.05) is 61.1 Å². The van der Waals surface area contributed by atoms with Crippen molar-refractivity contribution in [2.24, 2.45) is 0 Å². The number of unbranched alkanes of at least 4 members (excludes halogenated alkanes) is 1. The van der Waals surface area contributed by atoms with Crippen LogP contribution < -0.4 is 0 Å². The molecule has 0 radical (unpaired) electrons. The van der Waals surface area contributed by atoms with Gasteiger partial charge in [0.15, 0.2) is 0 Å². The third kappa shape index (κ3) is 7.60. The Hall–Kier alpha value is -2.28. The summed E-state index contributed by atoms with van der Waals surface area (Å²) in [5, 5.41) is 1.21. The molecule has 6 heteroatoms. The van der Waals surface area contributed by atoms with Gasteiger partial charge in [-0.25, -0.2) is 4.98 Å². The topological polar surface area (TPSA) is 44.4 Å². The van der Waals surface area contributed by atoms with Crippen LogP contribution in [0.25, 0.3) is 10.9 Å². The lowest BCUT2D eigenvalue weighted by Crippen LogP contribution is -2.40. The number of aromatic nitrogens is 2. The average molecular weight is 481 g/mol. The average Bonchev–Trinajstić information content (AvgIpc) is 3.30. The van der Waals surface area contributed by atoms with Crippen LogP contribution in [0.1, 0.15) is 63.0 Å². The summed E-state index contributed by atoms with van der Waals surface area (Å²) >= 11 is 0. The van der Waals surface area contributed by atoms with Crippen molar-refractivity contribution in [1.29, 1.82) is 0 Å². The van der Waals surface area contributed by atoms with Crippen LogP contribution in [0, 0.1) is 5.95 Å². The minimum Gasteiger partial charge on any atom is -0.379 e. The second-order valence-corrected chi connectivity index (χ2v) is 9.82. The van der Waals surface area contributed by atoms with Crippen molar-refractivity contribution >= 4 is 10.9 Å². The predicted molar refractivity (Wildman–Crippen MR) is 141 cm³/mol. The van der Waals surface area contributed by atoms with Gasteiger partial charge in [-0.15, -0.1) is 0 Å². The van der Waals surface area contributed by atoms with E-state index in [0.29, 0.717) is 18.7 Å². The fourth-order valence-corrected chi connectivity index (χ4v) is 5.26. The van der Waals surface area contributed by atoms with E-state index in [4.69, 9.17) is 4.74 Å². The fourth-order valence-electron chi connectivity index (χ4n) is 5.26. The number of benzene rings is 1. The summed E-state index contributed by atoms with van der Waals surface area (Å²) in [6, 6.07) is 12.7. The van der Waals surface area contributed by atoms with E-state index >= 15 is 0 Å². The molecule has 190 valence electrons. The van der Waals surface area contributed by atoms with E-state index < -0.39 is 5.95 Å². The second kappa shape index (κ2) is 13.7. The largest absolute Gasteiger partial charge is 0.379 e. The van der Waals surface area contributed by atoms with Gasteiger partial charge in [0.05, 0.1) is 13.2 Å². The number of fused-ring (bicyclic) bond motifs is 1. The van der Waals surface area contributed by atoms with Crippen molar-refractivity contribution in [3.63, 3.8) is 0 Å². The first-order valence-electron chi connectivity index (χ1n) is 13.4. The van der Waals surface area contributed by atoms with E-state index in [9.17, 15) is 4.39 Å². The van der Waals surface area contributed by atoms with E-state index in [2.05, 4.69) is 51.1 Å². The maximum absolute atomic E-state index is 14.3. The molecule has 1 aliphatic rings. The number of hydrogen-bond acceptors (Lipinski definition) is 4. The molecular formula is C29H41FN4O. The first-order valence-corrected chi connectivity index (χ1v) is 13.4. The number of hydrogen-bond donors (Lipinski definition) is 1. The minimum atomic E-state index is -0.392. The Kier molecular flexibility index (Phi) is 10.1. The number of nitrogens with zero attached hydrogens (tertiary/aromatic N) is 3. The molecule has 2 heterocycles. The third-order valence-corrected chi connectivity index (χ3v) is 7.26. The SMILES string of the molecule is CCCCN(CCOCCN(Cc1cccnc1F)Cc1c[nH]c2ccccc12)C1CCCCC1. The van der Waals surface area contributed by atoms with Crippen LogP contribution in [-0.2, 0) is 17.8 Å². The van der Waals surface area contributed by atoms with Gasteiger partial charge in [-0.3, -0.25) is 9.80 Å². The van der Waals surface area contributed by atoms with Crippen LogP contribution in [0.2, 0.25) is 0 Å². The van der Waals surface area contributed by atoms with E-state index in [-0.39, 0.29) is 0 Å². The smallest absolute Gasteiger partial charge is 0.217 e. The van der Waals surface area contributed by atoms with Crippen LogP contribution in [0.15, 0.2) is 48.8 Å². The van der Waals surface area contributed by atoms with Gasteiger partial charge < -0.3 is 9.72 Å². The van der Waals surface area contributed by atoms with Crippen molar-refractivity contribution in [2.75, 3.05) is 32.8 Å². The Morgan fingerprint density at radius 2 is 1.77 bits per heavy atom. The highest BCUT2D eigenvalue weighted by atomic mass is 19.1. The molecule has 2 aromatic heterocycles. The van der Waals surface area contributed by atoms with Crippen molar-refractivity contribution in [3.8, 4) is 0 Å². The number of para-hydroxylation sites is 1. The molecule has 0 spiro atoms. The number of halogens is 1. The van der Waals surface area contributed by atoms with Crippen molar-refractivity contribution < 1.29 is 9.13 Å². The molecule has 1 fully saturated rings. The third-order valence-electron chi connectivity index (χ3n) is 7.26. The monoisotopic (exact) mass is 480 g/mol. The fraction of sp³-hybridized carbons (Fsp3) is 0.552. The molecule has 1 saturated carbocycles. The summed E-state index contributed by atoms with van der Waals surface area (Å²) in [5.41, 5.74) is 2.96. The zero-order valence-corrected chi connectivity index (χ0v) is 21.2. The zero-order valence-electron chi connectivity index (χ0n) is 21.2. The van der Waals surface area contributed by atoms with E-state index in [0.717, 1.165) is 37.8 Å². The zero-order chi connectivity index (χ0) is 24.3. The lowest BCUT2D eigenvalue weighted by atomic mass is 9.94. The normalized spacial score (nSPS) is 15.0. The summed E-state index contributed by atoms with van der Waals surface area (Å²) in [6.45, 7) is 7.82. The summed E-state index contributed by atoms with van der Waals surface area (Å²) in [5.74, 6) is -0.392. The van der Waals surface area contributed by atoms with Crippen molar-refractivity contribution in [2.45, 2.75) is 71.0 Å². The van der Waals surface area contributed by atoms with Gasteiger partial charge >= 0.3 is 0 Å². The number of H-pyrrole nitrogens is 1. The first kappa shape index (κ1) is 25.8. The molecule has 1 N–H and O–H groups in total. The summed E-state index contributed by atoms with van der Waals surface area (Å²) in [4.78, 5) is 12.1. The molecule has 0 amide bonds. The number of pyridine rings is 1. The molecule has 35 heavy (non-hydrogen) atoms. The Labute approximate surface area is 209 Å². The quantitative estimate of drug-likeness (QED) is 0.222. The highest BCUT2D eigenvalue weighted by Crippen LogP contribution is 2.23. The van der Waals surface area contributed by atoms with Gasteiger partial charge in [0.25, 0.3) is 0 Å². The summed E-state index contributed by atoms with van der Waals surface area (Å²) in [7, 11) is 0. The Morgan fingerprint density at radius 3 is 2.60 bits per heavy atom. The highest BCUT2D eigenvalue weighted by Gasteiger charge is 2.20. The Balaban J connectivity index is 1.32. The predicted octanol–water partition coefficient (Wildman–Crippen LogP) is 6.16. The van der Waals surface area contributed by atoms with Gasteiger partial charge in [-0.05, 0) is 43.5 Å². The molecule has 0 bridgehead atoms. The lowest BCUT2D eigenvalue weighted by molar-refractivity contribution is 0.0603. The van der Waals surface area contributed by atoms with Crippen molar-refractivity contribution in [3.05, 3.63) is 65.9 Å². The summed E-state index contributed by atoms with van der Waals surface area (Å²) in [6.07, 6.45) is 12.8. The van der Waals surface area contributed by atoms with Crippen LogP contribution in [-0.4, -0.2) is 58.7 Å². The summed E-state index contributed by atoms with van der Waals surface area (Å²) < 4.78 is 20.5. The van der Waals surface area contributed by atoms with Crippen LogP contribution in [0.5, 0.6) is 0 Å². The molecule has 3 aromatic rings. The molecule has 4 rings (SSSR count). The Morgan fingerprint density at radius 1 is 0.971 bits per heavy atom. The van der Waals surface area contributed by atoms with Gasteiger partial charge in [-0.1, -0.05) is 56.9 Å². The molecule has 0 unspecified atom stereocenters. The minimum absolute atomic E-state index is 0.392. The molecule has 5 nitrogen and oxygen atoms in total. The second-order valence-electron chi connectivity index (χ2n) is 9.82. The lowest BCUT2D eigenvalue weighted by Gasteiger charge is -2.34. The number of ether oxygens (including phenoxy) is 1. The van der Waals surface area contributed by atoms with Crippen LogP contribution in [0.3, 0.4) is 0 Å². The maximum Gasteiger partial charge on any atom is 0.217 e. The van der Waals surface area contributed by atoms with Crippen LogP contribution in [0.4, 0.5) is 4.39 Å². The Bertz CT molecular complexity index is 1020. The van der Waals surface area contributed by atoms with Crippen LogP contribution >= 0.6 is 0 Å². The maximum atomic E-state index is 14.3. The number of nitrogens with one attached hydrogen (secondary N) is 1. The molecule has 0 aliphatic heterocycles. The van der Waals surface area contributed by atoms with Crippen molar-refractivity contribution in [1.82, 2.24) is 19.8 Å². The van der Waals surface area contributed by atoms with E-state index in [1.165, 1.54) is 68.6 Å². The number of aromatic amines is 1. The van der Waals surface area contributed by atoms with Gasteiger partial charge in [0.1, 0.15) is 0 Å². The van der Waals surface area contributed by atoms with E-state index in [1.807, 2.05) is 12.1 Å². The molecule has 0 saturated heterocycles. The van der Waals surface area contributed by atoms with Gasteiger partial charge in [-0.2, -0.15) is 4.39 Å². The van der Waals surface area contributed by atoms with Gasteiger partial charge in [0.2, 0.25) is 5.95 Å². The standard InChI is InChI=1S/C29H41FN4O/c1-2-3-16-34(26-11-5-4-6-12-26)18-20-35-19-17-33(22-24-10-9-15-31-29(24)30)23-25-21-32-28-14-8-7-13-27(25)28/h7-10,13-15,21,26,32H,2-6,11-12,16-20,22-23H2,1H3. The molecular weight excluding hydrogens is 439 g/mol. The molecule has 0 atom stereocenters.